The molecule has 0 radical (unpaired) electrons. The summed E-state index contributed by atoms with van der Waals surface area (Å²) in [4.78, 5) is 4.43. The molecule has 1 heterocycles. The van der Waals surface area contributed by atoms with Crippen molar-refractivity contribution >= 4 is 24.2 Å². The summed E-state index contributed by atoms with van der Waals surface area (Å²) in [5, 5.41) is 4.03. The zero-order valence-electron chi connectivity index (χ0n) is 12.3. The molecule has 22 heavy (non-hydrogen) atoms. The van der Waals surface area contributed by atoms with E-state index in [2.05, 4.69) is 10.1 Å². The first-order chi connectivity index (χ1) is 10.1. The summed E-state index contributed by atoms with van der Waals surface area (Å²) in [5.41, 5.74) is 7.24. The van der Waals surface area contributed by atoms with Crippen molar-refractivity contribution in [3.8, 4) is 11.5 Å². The predicted octanol–water partition coefficient (Wildman–Crippen LogP) is 3.89. The van der Waals surface area contributed by atoms with Crippen LogP contribution in [0.25, 0.3) is 11.5 Å². The molecule has 120 valence electrons. The van der Waals surface area contributed by atoms with Gasteiger partial charge in [0.2, 0.25) is 0 Å². The van der Waals surface area contributed by atoms with Crippen molar-refractivity contribution in [1.29, 1.82) is 0 Å². The van der Waals surface area contributed by atoms with Crippen LogP contribution in [0.3, 0.4) is 0 Å². The number of hydrogen-bond acceptors (Lipinski definition) is 5. The molecule has 0 bridgehead atoms. The van der Waals surface area contributed by atoms with Gasteiger partial charge in [-0.2, -0.15) is 16.7 Å². The molecule has 1 aliphatic rings. The Morgan fingerprint density at radius 3 is 2.77 bits per heavy atom. The minimum Gasteiger partial charge on any atom is -0.334 e. The molecule has 1 aromatic carbocycles. The molecule has 1 fully saturated rings. The van der Waals surface area contributed by atoms with Gasteiger partial charge in [0.25, 0.3) is 5.89 Å². The van der Waals surface area contributed by atoms with E-state index in [1.807, 2.05) is 6.26 Å². The van der Waals surface area contributed by atoms with Gasteiger partial charge in [0.05, 0.1) is 5.54 Å². The lowest BCUT2D eigenvalue weighted by molar-refractivity contribution is 0.372. The van der Waals surface area contributed by atoms with Crippen LogP contribution in [0.15, 0.2) is 22.7 Å². The number of halogens is 2. The van der Waals surface area contributed by atoms with E-state index in [4.69, 9.17) is 10.3 Å². The van der Waals surface area contributed by atoms with Gasteiger partial charge in [-0.05, 0) is 42.9 Å². The van der Waals surface area contributed by atoms with E-state index in [1.165, 1.54) is 6.07 Å². The second kappa shape index (κ2) is 6.98. The smallest absolute Gasteiger partial charge is 0.258 e. The molecule has 2 N–H and O–H groups in total. The molecule has 0 unspecified atom stereocenters. The van der Waals surface area contributed by atoms with Crippen LogP contribution in [0.4, 0.5) is 4.39 Å². The molecular weight excluding hydrogens is 325 g/mol. The fourth-order valence-electron chi connectivity index (χ4n) is 2.75. The highest BCUT2D eigenvalue weighted by molar-refractivity contribution is 7.97. The van der Waals surface area contributed by atoms with Gasteiger partial charge in [-0.3, -0.25) is 0 Å². The zero-order valence-corrected chi connectivity index (χ0v) is 14.0. The van der Waals surface area contributed by atoms with Gasteiger partial charge in [-0.15, -0.1) is 12.4 Å². The number of nitrogens with two attached hydrogens (primary N) is 1. The lowest BCUT2D eigenvalue weighted by Gasteiger charge is -2.17. The summed E-state index contributed by atoms with van der Waals surface area (Å²) < 4.78 is 19.0. The molecule has 7 heteroatoms. The van der Waals surface area contributed by atoms with Crippen LogP contribution >= 0.6 is 24.2 Å². The lowest BCUT2D eigenvalue weighted by Crippen LogP contribution is -2.34. The Balaban J connectivity index is 0.00000176. The van der Waals surface area contributed by atoms with Gasteiger partial charge in [0.15, 0.2) is 5.82 Å². The van der Waals surface area contributed by atoms with Gasteiger partial charge in [-0.1, -0.05) is 18.0 Å². The van der Waals surface area contributed by atoms with Crippen molar-refractivity contribution < 1.29 is 8.91 Å². The molecule has 0 amide bonds. The van der Waals surface area contributed by atoms with Gasteiger partial charge >= 0.3 is 0 Å². The van der Waals surface area contributed by atoms with Crippen LogP contribution in [0.2, 0.25) is 0 Å². The normalized spacial score (nSPS) is 16.5. The Bertz CT molecular complexity index is 643. The highest BCUT2D eigenvalue weighted by Crippen LogP contribution is 2.35. The van der Waals surface area contributed by atoms with Crippen molar-refractivity contribution in [2.45, 2.75) is 37.0 Å². The van der Waals surface area contributed by atoms with Crippen LogP contribution in [0.5, 0.6) is 0 Å². The second-order valence-corrected chi connectivity index (χ2v) is 6.39. The third-order valence-corrected chi connectivity index (χ3v) is 4.56. The Hall–Kier alpha value is -1.11. The Kier molecular flexibility index (Phi) is 5.47. The molecule has 0 saturated heterocycles. The minimum atomic E-state index is -0.468. The predicted molar refractivity (Wildman–Crippen MR) is 88.5 cm³/mol. The maximum atomic E-state index is 13.7. The fourth-order valence-corrected chi connectivity index (χ4v) is 3.28. The molecule has 3 rings (SSSR count). The first kappa shape index (κ1) is 17.2. The van der Waals surface area contributed by atoms with E-state index in [0.29, 0.717) is 23.0 Å². The molecule has 4 nitrogen and oxygen atoms in total. The monoisotopic (exact) mass is 343 g/mol. The molecule has 1 aromatic heterocycles. The summed E-state index contributed by atoms with van der Waals surface area (Å²) in [5.74, 6) is 1.37. The summed E-state index contributed by atoms with van der Waals surface area (Å²) >= 11 is 1.57. The maximum absolute atomic E-state index is 13.7. The number of thioether (sulfide) groups is 1. The molecule has 0 spiro atoms. The molecule has 2 aromatic rings. The van der Waals surface area contributed by atoms with Gasteiger partial charge < -0.3 is 10.3 Å². The largest absolute Gasteiger partial charge is 0.334 e. The van der Waals surface area contributed by atoms with Crippen LogP contribution in [-0.4, -0.2) is 16.4 Å². The van der Waals surface area contributed by atoms with E-state index >= 15 is 0 Å². The van der Waals surface area contributed by atoms with Gasteiger partial charge in [-0.25, -0.2) is 4.39 Å². The van der Waals surface area contributed by atoms with E-state index in [9.17, 15) is 4.39 Å². The summed E-state index contributed by atoms with van der Waals surface area (Å²) in [6, 6.07) is 4.87. The molecule has 0 aliphatic heterocycles. The zero-order chi connectivity index (χ0) is 14.9. The highest BCUT2D eigenvalue weighted by Gasteiger charge is 2.36. The summed E-state index contributed by atoms with van der Waals surface area (Å²) in [6.07, 6.45) is 5.89. The molecule has 1 aliphatic carbocycles. The Morgan fingerprint density at radius 1 is 1.36 bits per heavy atom. The summed E-state index contributed by atoms with van der Waals surface area (Å²) in [7, 11) is 0. The van der Waals surface area contributed by atoms with Crippen LogP contribution in [-0.2, 0) is 11.3 Å². The Morgan fingerprint density at radius 2 is 2.09 bits per heavy atom. The average molecular weight is 344 g/mol. The van der Waals surface area contributed by atoms with Gasteiger partial charge in [0.1, 0.15) is 5.82 Å². The van der Waals surface area contributed by atoms with Gasteiger partial charge in [0, 0.05) is 11.3 Å². The highest BCUT2D eigenvalue weighted by atomic mass is 35.5. The quantitative estimate of drug-likeness (QED) is 0.912. The first-order valence-electron chi connectivity index (χ1n) is 7.03. The minimum absolute atomic E-state index is 0. The maximum Gasteiger partial charge on any atom is 0.258 e. The van der Waals surface area contributed by atoms with Crippen molar-refractivity contribution in [1.82, 2.24) is 10.1 Å². The van der Waals surface area contributed by atoms with Crippen LogP contribution in [0, 0.1) is 5.82 Å². The molecule has 1 saturated carbocycles. The topological polar surface area (TPSA) is 64.9 Å². The third-order valence-electron chi connectivity index (χ3n) is 3.96. The van der Waals surface area contributed by atoms with Crippen molar-refractivity contribution in [3.05, 3.63) is 35.4 Å². The van der Waals surface area contributed by atoms with Crippen LogP contribution in [0.1, 0.15) is 37.1 Å². The standard InChI is InChI=1S/C15H18FN3OS.ClH/c1-21-9-11-8-10(4-5-12(11)16)13-18-14(19-20-13)15(17)6-2-3-7-15;/h4-5,8H,2-3,6-7,9,17H2,1H3;1H. The van der Waals surface area contributed by atoms with Crippen molar-refractivity contribution in [2.75, 3.05) is 6.26 Å². The number of benzene rings is 1. The summed E-state index contributed by atoms with van der Waals surface area (Å²) in [6.45, 7) is 0. The van der Waals surface area contributed by atoms with E-state index in [-0.39, 0.29) is 18.2 Å². The number of rotatable bonds is 4. The van der Waals surface area contributed by atoms with E-state index in [0.717, 1.165) is 31.2 Å². The lowest BCUT2D eigenvalue weighted by atomic mass is 9.98. The molecule has 0 atom stereocenters. The van der Waals surface area contributed by atoms with Crippen molar-refractivity contribution in [3.63, 3.8) is 0 Å². The fraction of sp³-hybridized carbons (Fsp3) is 0.467. The van der Waals surface area contributed by atoms with Crippen molar-refractivity contribution in [2.24, 2.45) is 5.73 Å². The van der Waals surface area contributed by atoms with E-state index in [1.54, 1.807) is 23.9 Å². The number of hydrogen-bond donors (Lipinski definition) is 1. The number of aromatic nitrogens is 2. The van der Waals surface area contributed by atoms with E-state index < -0.39 is 5.54 Å². The molecular formula is C15H19ClFN3OS. The average Bonchev–Trinajstić information content (AvgIpc) is 3.11. The number of nitrogens with zero attached hydrogens (tertiary/aromatic N) is 2. The first-order valence-corrected chi connectivity index (χ1v) is 8.42. The SMILES string of the molecule is CSCc1cc(-c2nc(C3(N)CCCC3)no2)ccc1F.Cl. The van der Waals surface area contributed by atoms with Crippen LogP contribution < -0.4 is 5.73 Å². The third kappa shape index (κ3) is 3.29. The second-order valence-electron chi connectivity index (χ2n) is 5.53. The Labute approximate surface area is 139 Å².